The van der Waals surface area contributed by atoms with Gasteiger partial charge in [-0.3, -0.25) is 4.79 Å². The van der Waals surface area contributed by atoms with E-state index in [9.17, 15) is 9.90 Å². The molecule has 5 heteroatoms. The maximum atomic E-state index is 10.8. The van der Waals surface area contributed by atoms with Crippen molar-refractivity contribution in [2.75, 3.05) is 18.6 Å². The number of hydrogen-bond acceptors (Lipinski definition) is 4. The molecule has 3 N–H and O–H groups in total. The number of carboxylic acids is 1. The SMILES string of the molecule is CSCC(C)(O)CNCc1ccccc1CC(=O)O. The van der Waals surface area contributed by atoms with Gasteiger partial charge in [-0.15, -0.1) is 0 Å². The number of thioether (sulfide) groups is 1. The first-order valence-electron chi connectivity index (χ1n) is 6.15. The third-order valence-corrected chi connectivity index (χ3v) is 3.65. The van der Waals surface area contributed by atoms with E-state index < -0.39 is 11.6 Å². The molecule has 0 saturated heterocycles. The van der Waals surface area contributed by atoms with Crippen molar-refractivity contribution >= 4 is 17.7 Å². The third kappa shape index (κ3) is 6.09. The monoisotopic (exact) mass is 283 g/mol. The number of aliphatic carboxylic acids is 1. The minimum atomic E-state index is -0.832. The van der Waals surface area contributed by atoms with Crippen LogP contribution in [0.5, 0.6) is 0 Å². The standard InChI is InChI=1S/C14H21NO3S/c1-14(18,10-19-2)9-15-8-12-6-4-3-5-11(12)7-13(16)17/h3-6,15,18H,7-10H2,1-2H3,(H,16,17). The fourth-order valence-corrected chi connectivity index (χ4v) is 2.62. The predicted molar refractivity (Wildman–Crippen MR) is 78.5 cm³/mol. The average Bonchev–Trinajstić information content (AvgIpc) is 2.30. The topological polar surface area (TPSA) is 69.6 Å². The Morgan fingerprint density at radius 3 is 2.58 bits per heavy atom. The lowest BCUT2D eigenvalue weighted by Crippen LogP contribution is -2.39. The summed E-state index contributed by atoms with van der Waals surface area (Å²) in [6.45, 7) is 2.84. The number of rotatable bonds is 8. The van der Waals surface area contributed by atoms with Crippen LogP contribution in [-0.2, 0) is 17.8 Å². The molecule has 0 spiro atoms. The normalized spacial score (nSPS) is 14.1. The fraction of sp³-hybridized carbons (Fsp3) is 0.500. The van der Waals surface area contributed by atoms with Crippen LogP contribution in [-0.4, -0.2) is 40.3 Å². The van der Waals surface area contributed by atoms with Crippen LogP contribution in [0.2, 0.25) is 0 Å². The molecule has 0 aliphatic rings. The second-order valence-corrected chi connectivity index (χ2v) is 5.74. The Kier molecular flexibility index (Phi) is 6.34. The first-order chi connectivity index (χ1) is 8.94. The van der Waals surface area contributed by atoms with Crippen molar-refractivity contribution in [3.8, 4) is 0 Å². The highest BCUT2D eigenvalue weighted by atomic mass is 32.2. The van der Waals surface area contributed by atoms with Crippen molar-refractivity contribution in [1.82, 2.24) is 5.32 Å². The van der Waals surface area contributed by atoms with Crippen LogP contribution in [0.4, 0.5) is 0 Å². The van der Waals surface area contributed by atoms with E-state index in [-0.39, 0.29) is 6.42 Å². The summed E-state index contributed by atoms with van der Waals surface area (Å²) in [5, 5.41) is 22.1. The zero-order valence-electron chi connectivity index (χ0n) is 11.3. The van der Waals surface area contributed by atoms with Gasteiger partial charge in [-0.05, 0) is 24.3 Å². The van der Waals surface area contributed by atoms with Crippen LogP contribution in [0.3, 0.4) is 0 Å². The van der Waals surface area contributed by atoms with Gasteiger partial charge >= 0.3 is 5.97 Å². The summed E-state index contributed by atoms with van der Waals surface area (Å²) in [7, 11) is 0. The summed E-state index contributed by atoms with van der Waals surface area (Å²) >= 11 is 1.60. The number of hydrogen-bond donors (Lipinski definition) is 3. The lowest BCUT2D eigenvalue weighted by atomic mass is 10.0. The molecule has 0 aliphatic carbocycles. The molecule has 1 aromatic rings. The molecule has 1 rings (SSSR count). The molecule has 106 valence electrons. The first-order valence-corrected chi connectivity index (χ1v) is 7.54. The van der Waals surface area contributed by atoms with Gasteiger partial charge in [0.1, 0.15) is 0 Å². The van der Waals surface area contributed by atoms with E-state index in [4.69, 9.17) is 5.11 Å². The van der Waals surface area contributed by atoms with Crippen LogP contribution < -0.4 is 5.32 Å². The summed E-state index contributed by atoms with van der Waals surface area (Å²) in [5.41, 5.74) is 1.03. The van der Waals surface area contributed by atoms with Crippen LogP contribution >= 0.6 is 11.8 Å². The minimum absolute atomic E-state index is 0.0268. The summed E-state index contributed by atoms with van der Waals surface area (Å²) in [6, 6.07) is 7.47. The predicted octanol–water partition coefficient (Wildman–Crippen LogP) is 1.52. The highest BCUT2D eigenvalue weighted by Crippen LogP contribution is 2.12. The summed E-state index contributed by atoms with van der Waals surface area (Å²) in [6.07, 6.45) is 1.98. The molecular formula is C14H21NO3S. The second kappa shape index (κ2) is 7.53. The number of benzene rings is 1. The highest BCUT2D eigenvalue weighted by molar-refractivity contribution is 7.98. The molecule has 0 saturated carbocycles. The number of nitrogens with one attached hydrogen (secondary N) is 1. The Labute approximate surface area is 118 Å². The van der Waals surface area contributed by atoms with E-state index in [1.54, 1.807) is 18.7 Å². The molecule has 0 radical (unpaired) electrons. The van der Waals surface area contributed by atoms with Gasteiger partial charge in [0.25, 0.3) is 0 Å². The Morgan fingerprint density at radius 1 is 1.37 bits per heavy atom. The zero-order chi connectivity index (χ0) is 14.3. The van der Waals surface area contributed by atoms with E-state index in [0.29, 0.717) is 18.8 Å². The highest BCUT2D eigenvalue weighted by Gasteiger charge is 2.18. The third-order valence-electron chi connectivity index (χ3n) is 2.74. The zero-order valence-corrected chi connectivity index (χ0v) is 12.2. The molecule has 1 unspecified atom stereocenters. The van der Waals surface area contributed by atoms with Gasteiger partial charge in [0.15, 0.2) is 0 Å². The van der Waals surface area contributed by atoms with Crippen LogP contribution in [0.25, 0.3) is 0 Å². The Bertz CT molecular complexity index is 421. The Balaban J connectivity index is 2.55. The minimum Gasteiger partial charge on any atom is -0.481 e. The van der Waals surface area contributed by atoms with E-state index >= 15 is 0 Å². The molecular weight excluding hydrogens is 262 g/mol. The van der Waals surface area contributed by atoms with Gasteiger partial charge < -0.3 is 15.5 Å². The Hall–Kier alpha value is -1.04. The average molecular weight is 283 g/mol. The first kappa shape index (κ1) is 16.0. The van der Waals surface area contributed by atoms with E-state index in [0.717, 1.165) is 11.1 Å². The fourth-order valence-electron chi connectivity index (χ4n) is 1.89. The summed E-state index contributed by atoms with van der Waals surface area (Å²) in [4.78, 5) is 10.8. The summed E-state index contributed by atoms with van der Waals surface area (Å²) < 4.78 is 0. The van der Waals surface area contributed by atoms with Crippen molar-refractivity contribution in [2.45, 2.75) is 25.5 Å². The van der Waals surface area contributed by atoms with Crippen LogP contribution in [0.1, 0.15) is 18.1 Å². The molecule has 1 aromatic carbocycles. The number of carbonyl (C=O) groups is 1. The van der Waals surface area contributed by atoms with Gasteiger partial charge in [0.05, 0.1) is 12.0 Å². The van der Waals surface area contributed by atoms with Crippen molar-refractivity contribution in [3.63, 3.8) is 0 Å². The molecule has 0 amide bonds. The molecule has 0 bridgehead atoms. The van der Waals surface area contributed by atoms with Gasteiger partial charge in [-0.25, -0.2) is 0 Å². The molecule has 0 heterocycles. The largest absolute Gasteiger partial charge is 0.481 e. The van der Waals surface area contributed by atoms with Crippen LogP contribution in [0, 0.1) is 0 Å². The lowest BCUT2D eigenvalue weighted by Gasteiger charge is -2.23. The molecule has 19 heavy (non-hydrogen) atoms. The van der Waals surface area contributed by atoms with Crippen LogP contribution in [0.15, 0.2) is 24.3 Å². The van der Waals surface area contributed by atoms with Crippen molar-refractivity contribution in [3.05, 3.63) is 35.4 Å². The molecule has 4 nitrogen and oxygen atoms in total. The van der Waals surface area contributed by atoms with E-state index in [1.807, 2.05) is 30.5 Å². The Morgan fingerprint density at radius 2 is 2.00 bits per heavy atom. The molecule has 1 atom stereocenters. The quantitative estimate of drug-likeness (QED) is 0.675. The van der Waals surface area contributed by atoms with Crippen molar-refractivity contribution in [1.29, 1.82) is 0 Å². The van der Waals surface area contributed by atoms with Gasteiger partial charge in [0, 0.05) is 18.8 Å². The second-order valence-electron chi connectivity index (χ2n) is 4.87. The van der Waals surface area contributed by atoms with Gasteiger partial charge in [-0.2, -0.15) is 11.8 Å². The van der Waals surface area contributed by atoms with Crippen molar-refractivity contribution in [2.24, 2.45) is 0 Å². The maximum Gasteiger partial charge on any atom is 0.307 e. The smallest absolute Gasteiger partial charge is 0.307 e. The van der Waals surface area contributed by atoms with E-state index in [2.05, 4.69) is 5.32 Å². The summed E-state index contributed by atoms with van der Waals surface area (Å²) in [5.74, 6) is -0.168. The molecule has 0 aromatic heterocycles. The van der Waals surface area contributed by atoms with Gasteiger partial charge in [0.2, 0.25) is 0 Å². The number of aliphatic hydroxyl groups is 1. The van der Waals surface area contributed by atoms with E-state index in [1.165, 1.54) is 0 Å². The maximum absolute atomic E-state index is 10.8. The molecule has 0 fully saturated rings. The lowest BCUT2D eigenvalue weighted by molar-refractivity contribution is -0.136. The molecule has 0 aliphatic heterocycles. The van der Waals surface area contributed by atoms with Gasteiger partial charge in [-0.1, -0.05) is 24.3 Å². The number of carboxylic acid groups (broad SMARTS) is 1. The van der Waals surface area contributed by atoms with Crippen molar-refractivity contribution < 1.29 is 15.0 Å².